The molecular weight excluding hydrogens is 320 g/mol. The Balaban J connectivity index is 2.05. The van der Waals surface area contributed by atoms with Gasteiger partial charge < -0.3 is 9.84 Å². The fraction of sp³-hybridized carbons (Fsp3) is 0.333. The van der Waals surface area contributed by atoms with Gasteiger partial charge in [0.2, 0.25) is 10.0 Å². The lowest BCUT2D eigenvalue weighted by molar-refractivity contribution is -0.147. The van der Waals surface area contributed by atoms with Crippen LogP contribution < -0.4 is 4.72 Å². The molecule has 0 saturated carbocycles. The van der Waals surface area contributed by atoms with Crippen molar-refractivity contribution in [3.8, 4) is 0 Å². The number of carbonyl (C=O) groups is 1. The van der Waals surface area contributed by atoms with Gasteiger partial charge in [-0.2, -0.15) is 4.72 Å². The molecule has 1 aliphatic rings. The van der Waals surface area contributed by atoms with Crippen LogP contribution in [0.2, 0.25) is 0 Å². The Hall–Kier alpha value is -2.03. The van der Waals surface area contributed by atoms with Crippen LogP contribution in [0, 0.1) is 0 Å². The fourth-order valence-corrected chi connectivity index (χ4v) is 4.28. The summed E-state index contributed by atoms with van der Waals surface area (Å²) in [7, 11) is -4.04. The van der Waals surface area contributed by atoms with Gasteiger partial charge in [0.1, 0.15) is 10.4 Å². The Morgan fingerprint density at radius 1 is 1.22 bits per heavy atom. The number of aliphatic carboxylic acids is 1. The van der Waals surface area contributed by atoms with Gasteiger partial charge in [-0.05, 0) is 12.1 Å². The molecule has 8 heteroatoms. The van der Waals surface area contributed by atoms with Crippen molar-refractivity contribution in [2.24, 2.45) is 0 Å². The van der Waals surface area contributed by atoms with Crippen LogP contribution >= 0.6 is 0 Å². The van der Waals surface area contributed by atoms with Crippen molar-refractivity contribution in [1.29, 1.82) is 0 Å². The van der Waals surface area contributed by atoms with Gasteiger partial charge in [-0.1, -0.05) is 18.2 Å². The van der Waals surface area contributed by atoms with Gasteiger partial charge in [0.05, 0.1) is 5.52 Å². The summed E-state index contributed by atoms with van der Waals surface area (Å²) in [5.74, 6) is -1.20. The lowest BCUT2D eigenvalue weighted by atomic mass is 9.92. The number of ether oxygens (including phenoxy) is 1. The van der Waals surface area contributed by atoms with E-state index >= 15 is 0 Å². The highest BCUT2D eigenvalue weighted by Gasteiger charge is 2.44. The molecule has 2 aromatic rings. The zero-order valence-electron chi connectivity index (χ0n) is 12.2. The van der Waals surface area contributed by atoms with Gasteiger partial charge in [0.15, 0.2) is 0 Å². The normalized spacial score (nSPS) is 17.9. The number of benzene rings is 1. The fourth-order valence-electron chi connectivity index (χ4n) is 2.68. The largest absolute Gasteiger partial charge is 0.480 e. The molecule has 0 bridgehead atoms. The Kier molecular flexibility index (Phi) is 4.05. The van der Waals surface area contributed by atoms with Crippen LogP contribution in [0.4, 0.5) is 0 Å². The maximum Gasteiger partial charge on any atom is 0.325 e. The second kappa shape index (κ2) is 5.88. The van der Waals surface area contributed by atoms with Crippen LogP contribution in [-0.4, -0.2) is 43.2 Å². The summed E-state index contributed by atoms with van der Waals surface area (Å²) in [5, 5.41) is 10.2. The molecule has 7 nitrogen and oxygen atoms in total. The van der Waals surface area contributed by atoms with E-state index in [0.29, 0.717) is 10.9 Å². The molecule has 1 aromatic carbocycles. The van der Waals surface area contributed by atoms with Crippen molar-refractivity contribution in [1.82, 2.24) is 9.71 Å². The second-order valence-corrected chi connectivity index (χ2v) is 7.09. The lowest BCUT2D eigenvalue weighted by Crippen LogP contribution is -2.57. The molecule has 1 aromatic heterocycles. The van der Waals surface area contributed by atoms with Crippen LogP contribution in [0.25, 0.3) is 10.9 Å². The first-order valence-electron chi connectivity index (χ1n) is 7.13. The monoisotopic (exact) mass is 336 g/mol. The maximum atomic E-state index is 12.8. The highest BCUT2D eigenvalue weighted by molar-refractivity contribution is 7.89. The van der Waals surface area contributed by atoms with Crippen LogP contribution in [0.15, 0.2) is 41.4 Å². The van der Waals surface area contributed by atoms with Gasteiger partial charge >= 0.3 is 5.97 Å². The van der Waals surface area contributed by atoms with Crippen LogP contribution in [-0.2, 0) is 19.6 Å². The number of nitrogens with one attached hydrogen (secondary N) is 1. The zero-order valence-corrected chi connectivity index (χ0v) is 13.0. The predicted octanol–water partition coefficient (Wildman–Crippen LogP) is 1.15. The summed E-state index contributed by atoms with van der Waals surface area (Å²) in [6, 6.07) is 8.25. The molecule has 2 N–H and O–H groups in total. The van der Waals surface area contributed by atoms with Gasteiger partial charge in [-0.25, -0.2) is 8.42 Å². The van der Waals surface area contributed by atoms with E-state index in [1.54, 1.807) is 24.3 Å². The van der Waals surface area contributed by atoms with Crippen molar-refractivity contribution in [2.45, 2.75) is 23.3 Å². The molecule has 2 heterocycles. The van der Waals surface area contributed by atoms with E-state index < -0.39 is 21.5 Å². The van der Waals surface area contributed by atoms with E-state index in [2.05, 4.69) is 9.71 Å². The highest BCUT2D eigenvalue weighted by atomic mass is 32.2. The molecule has 0 radical (unpaired) electrons. The van der Waals surface area contributed by atoms with E-state index in [4.69, 9.17) is 4.74 Å². The summed E-state index contributed by atoms with van der Waals surface area (Å²) >= 11 is 0. The topological polar surface area (TPSA) is 106 Å². The quantitative estimate of drug-likeness (QED) is 0.867. The Bertz CT molecular complexity index is 839. The molecule has 0 amide bonds. The number of fused-ring (bicyclic) bond motifs is 1. The summed E-state index contributed by atoms with van der Waals surface area (Å²) < 4.78 is 33.1. The Labute approximate surface area is 133 Å². The van der Waals surface area contributed by atoms with Gasteiger partial charge in [0.25, 0.3) is 0 Å². The van der Waals surface area contributed by atoms with Gasteiger partial charge in [-0.3, -0.25) is 9.78 Å². The Morgan fingerprint density at radius 3 is 2.61 bits per heavy atom. The SMILES string of the molecule is O=C(O)C1(NS(=O)(=O)c2cccc3cccnc23)CCOCC1. The third kappa shape index (κ3) is 2.92. The first kappa shape index (κ1) is 15.9. The average molecular weight is 336 g/mol. The van der Waals surface area contributed by atoms with E-state index in [1.807, 2.05) is 0 Å². The molecule has 0 atom stereocenters. The zero-order chi connectivity index (χ0) is 16.5. The van der Waals surface area contributed by atoms with Crippen LogP contribution in [0.1, 0.15) is 12.8 Å². The molecule has 1 aliphatic heterocycles. The average Bonchev–Trinajstić information content (AvgIpc) is 2.54. The number of rotatable bonds is 4. The smallest absolute Gasteiger partial charge is 0.325 e. The van der Waals surface area contributed by atoms with E-state index in [9.17, 15) is 18.3 Å². The lowest BCUT2D eigenvalue weighted by Gasteiger charge is -2.33. The molecule has 23 heavy (non-hydrogen) atoms. The molecular formula is C15H16N2O5S. The molecule has 1 saturated heterocycles. The van der Waals surface area contributed by atoms with Gasteiger partial charge in [-0.15, -0.1) is 0 Å². The maximum absolute atomic E-state index is 12.8. The van der Waals surface area contributed by atoms with Crippen molar-refractivity contribution < 1.29 is 23.1 Å². The van der Waals surface area contributed by atoms with Crippen molar-refractivity contribution in [2.75, 3.05) is 13.2 Å². The number of aromatic nitrogens is 1. The highest BCUT2D eigenvalue weighted by Crippen LogP contribution is 2.26. The number of nitrogens with zero attached hydrogens (tertiary/aromatic N) is 1. The first-order chi connectivity index (χ1) is 10.9. The van der Waals surface area contributed by atoms with E-state index in [0.717, 1.165) is 0 Å². The summed E-state index contributed by atoms with van der Waals surface area (Å²) in [6.45, 7) is 0.394. The summed E-state index contributed by atoms with van der Waals surface area (Å²) in [6.07, 6.45) is 1.67. The van der Waals surface area contributed by atoms with Crippen molar-refractivity contribution >= 4 is 26.9 Å². The minimum Gasteiger partial charge on any atom is -0.480 e. The Morgan fingerprint density at radius 2 is 1.91 bits per heavy atom. The number of para-hydroxylation sites is 1. The number of carboxylic acid groups (broad SMARTS) is 1. The number of carboxylic acids is 1. The molecule has 1 fully saturated rings. The number of pyridine rings is 1. The number of hydrogen-bond donors (Lipinski definition) is 2. The van der Waals surface area contributed by atoms with Crippen LogP contribution in [0.5, 0.6) is 0 Å². The predicted molar refractivity (Wildman–Crippen MR) is 82.5 cm³/mol. The third-order valence-electron chi connectivity index (χ3n) is 3.97. The molecule has 0 unspecified atom stereocenters. The molecule has 3 rings (SSSR count). The van der Waals surface area contributed by atoms with Gasteiger partial charge in [0, 0.05) is 37.6 Å². The minimum absolute atomic E-state index is 0.0253. The minimum atomic E-state index is -4.04. The molecule has 122 valence electrons. The van der Waals surface area contributed by atoms with Crippen LogP contribution in [0.3, 0.4) is 0 Å². The third-order valence-corrected chi connectivity index (χ3v) is 5.54. The number of sulfonamides is 1. The summed E-state index contributed by atoms with van der Waals surface area (Å²) in [4.78, 5) is 15.7. The summed E-state index contributed by atoms with van der Waals surface area (Å²) in [5.41, 5.74) is -1.23. The first-order valence-corrected chi connectivity index (χ1v) is 8.62. The standard InChI is InChI=1S/C15H16N2O5S/c18-14(19)15(6-9-22-10-7-15)17-23(20,21)12-5-1-3-11-4-2-8-16-13(11)12/h1-5,8,17H,6-7,9-10H2,(H,18,19). The molecule has 0 spiro atoms. The number of hydrogen-bond acceptors (Lipinski definition) is 5. The van der Waals surface area contributed by atoms with E-state index in [-0.39, 0.29) is 31.0 Å². The van der Waals surface area contributed by atoms with Crippen molar-refractivity contribution in [3.05, 3.63) is 36.5 Å². The van der Waals surface area contributed by atoms with Crippen molar-refractivity contribution in [3.63, 3.8) is 0 Å². The van der Waals surface area contributed by atoms with E-state index in [1.165, 1.54) is 12.3 Å². The second-order valence-electron chi connectivity index (χ2n) is 5.44. The molecule has 0 aliphatic carbocycles.